The lowest BCUT2D eigenvalue weighted by atomic mass is 10.1. The first-order chi connectivity index (χ1) is 9.15. The monoisotopic (exact) mass is 262 g/mol. The molecule has 0 saturated carbocycles. The third-order valence-corrected chi connectivity index (χ3v) is 3.15. The van der Waals surface area contributed by atoms with Crippen LogP contribution < -0.4 is 5.32 Å². The van der Waals surface area contributed by atoms with Gasteiger partial charge in [0.05, 0.1) is 13.2 Å². The Kier molecular flexibility index (Phi) is 4.93. The molecule has 0 aliphatic carbocycles. The van der Waals surface area contributed by atoms with Gasteiger partial charge in [0.1, 0.15) is 0 Å². The number of morpholine rings is 1. The second-order valence-electron chi connectivity index (χ2n) is 5.21. The second-order valence-corrected chi connectivity index (χ2v) is 5.21. The van der Waals surface area contributed by atoms with E-state index in [0.717, 1.165) is 38.4 Å². The van der Waals surface area contributed by atoms with Gasteiger partial charge in [0.15, 0.2) is 0 Å². The van der Waals surface area contributed by atoms with Crippen molar-refractivity contribution in [2.45, 2.75) is 26.4 Å². The molecule has 0 radical (unpaired) electrons. The molecule has 1 aromatic carbocycles. The van der Waals surface area contributed by atoms with Gasteiger partial charge < -0.3 is 10.1 Å². The summed E-state index contributed by atoms with van der Waals surface area (Å²) in [6.07, 6.45) is 0. The molecular weight excluding hydrogens is 240 g/mol. The maximum atomic E-state index is 11.8. The maximum Gasteiger partial charge on any atom is 0.251 e. The van der Waals surface area contributed by atoms with Crippen LogP contribution in [-0.4, -0.2) is 43.2 Å². The molecule has 0 bridgehead atoms. The SMILES string of the molecule is CC(C)NC(=O)c1ccc(CN2CCOCC2)cc1. The van der Waals surface area contributed by atoms with Crippen LogP contribution in [-0.2, 0) is 11.3 Å². The highest BCUT2D eigenvalue weighted by atomic mass is 16.5. The Labute approximate surface area is 114 Å². The highest BCUT2D eigenvalue weighted by Gasteiger charge is 2.11. The highest BCUT2D eigenvalue weighted by molar-refractivity contribution is 5.94. The maximum absolute atomic E-state index is 11.8. The van der Waals surface area contributed by atoms with E-state index in [2.05, 4.69) is 10.2 Å². The fraction of sp³-hybridized carbons (Fsp3) is 0.533. The smallest absolute Gasteiger partial charge is 0.251 e. The molecule has 0 spiro atoms. The van der Waals surface area contributed by atoms with Crippen molar-refractivity contribution in [3.63, 3.8) is 0 Å². The summed E-state index contributed by atoms with van der Waals surface area (Å²) in [4.78, 5) is 14.2. The molecule has 4 heteroatoms. The molecule has 1 aliphatic rings. The Hall–Kier alpha value is -1.39. The van der Waals surface area contributed by atoms with E-state index < -0.39 is 0 Å². The Morgan fingerprint density at radius 2 is 1.89 bits per heavy atom. The van der Waals surface area contributed by atoms with Gasteiger partial charge in [-0.3, -0.25) is 9.69 Å². The summed E-state index contributed by atoms with van der Waals surface area (Å²) >= 11 is 0. The van der Waals surface area contributed by atoms with Gasteiger partial charge in [0.2, 0.25) is 0 Å². The topological polar surface area (TPSA) is 41.6 Å². The lowest BCUT2D eigenvalue weighted by Gasteiger charge is -2.26. The molecule has 104 valence electrons. The number of benzene rings is 1. The van der Waals surface area contributed by atoms with Gasteiger partial charge in [-0.05, 0) is 31.5 Å². The Bertz CT molecular complexity index is 409. The van der Waals surface area contributed by atoms with Crippen molar-refractivity contribution in [3.05, 3.63) is 35.4 Å². The van der Waals surface area contributed by atoms with Crippen LogP contribution in [0.15, 0.2) is 24.3 Å². The number of carbonyl (C=O) groups is 1. The zero-order valence-corrected chi connectivity index (χ0v) is 11.7. The summed E-state index contributed by atoms with van der Waals surface area (Å²) in [7, 11) is 0. The van der Waals surface area contributed by atoms with Crippen molar-refractivity contribution < 1.29 is 9.53 Å². The van der Waals surface area contributed by atoms with Crippen molar-refractivity contribution in [3.8, 4) is 0 Å². The van der Waals surface area contributed by atoms with Crippen LogP contribution in [0.25, 0.3) is 0 Å². The quantitative estimate of drug-likeness (QED) is 0.897. The van der Waals surface area contributed by atoms with E-state index in [4.69, 9.17) is 4.74 Å². The summed E-state index contributed by atoms with van der Waals surface area (Å²) in [5.74, 6) is -0.00655. The number of nitrogens with one attached hydrogen (secondary N) is 1. The molecule has 0 atom stereocenters. The molecule has 0 unspecified atom stereocenters. The molecule has 4 nitrogen and oxygen atoms in total. The number of hydrogen-bond donors (Lipinski definition) is 1. The van der Waals surface area contributed by atoms with Crippen LogP contribution in [0, 0.1) is 0 Å². The van der Waals surface area contributed by atoms with E-state index >= 15 is 0 Å². The van der Waals surface area contributed by atoms with E-state index in [1.165, 1.54) is 5.56 Å². The van der Waals surface area contributed by atoms with Gasteiger partial charge in [-0.25, -0.2) is 0 Å². The van der Waals surface area contributed by atoms with Crippen molar-refractivity contribution in [1.29, 1.82) is 0 Å². The normalized spacial score (nSPS) is 16.6. The minimum atomic E-state index is -0.00655. The van der Waals surface area contributed by atoms with Gasteiger partial charge in [0, 0.05) is 31.2 Å². The molecule has 1 aliphatic heterocycles. The molecular formula is C15H22N2O2. The van der Waals surface area contributed by atoms with Gasteiger partial charge >= 0.3 is 0 Å². The van der Waals surface area contributed by atoms with Crippen molar-refractivity contribution in [2.75, 3.05) is 26.3 Å². The van der Waals surface area contributed by atoms with Gasteiger partial charge in [-0.2, -0.15) is 0 Å². The zero-order chi connectivity index (χ0) is 13.7. The van der Waals surface area contributed by atoms with Gasteiger partial charge in [0.25, 0.3) is 5.91 Å². The van der Waals surface area contributed by atoms with E-state index in [0.29, 0.717) is 0 Å². The lowest BCUT2D eigenvalue weighted by molar-refractivity contribution is 0.0342. The third-order valence-electron chi connectivity index (χ3n) is 3.15. The van der Waals surface area contributed by atoms with Crippen LogP contribution in [0.1, 0.15) is 29.8 Å². The Morgan fingerprint density at radius 1 is 1.26 bits per heavy atom. The van der Waals surface area contributed by atoms with Gasteiger partial charge in [-0.1, -0.05) is 12.1 Å². The predicted molar refractivity (Wildman–Crippen MR) is 75.1 cm³/mol. The first-order valence-corrected chi connectivity index (χ1v) is 6.85. The fourth-order valence-corrected chi connectivity index (χ4v) is 2.12. The minimum absolute atomic E-state index is 0.00655. The van der Waals surface area contributed by atoms with Crippen molar-refractivity contribution in [1.82, 2.24) is 10.2 Å². The molecule has 2 rings (SSSR count). The number of rotatable bonds is 4. The second kappa shape index (κ2) is 6.68. The van der Waals surface area contributed by atoms with Crippen LogP contribution in [0.5, 0.6) is 0 Å². The van der Waals surface area contributed by atoms with Crippen LogP contribution in [0.3, 0.4) is 0 Å². The number of hydrogen-bond acceptors (Lipinski definition) is 3. The molecule has 19 heavy (non-hydrogen) atoms. The molecule has 1 amide bonds. The van der Waals surface area contributed by atoms with E-state index in [-0.39, 0.29) is 11.9 Å². The zero-order valence-electron chi connectivity index (χ0n) is 11.7. The average Bonchev–Trinajstić information content (AvgIpc) is 2.40. The first-order valence-electron chi connectivity index (χ1n) is 6.85. The molecule has 1 heterocycles. The van der Waals surface area contributed by atoms with Gasteiger partial charge in [-0.15, -0.1) is 0 Å². The standard InChI is InChI=1S/C15H22N2O2/c1-12(2)16-15(18)14-5-3-13(4-6-14)11-17-7-9-19-10-8-17/h3-6,12H,7-11H2,1-2H3,(H,16,18). The number of carbonyl (C=O) groups excluding carboxylic acids is 1. The summed E-state index contributed by atoms with van der Waals surface area (Å²) in [5, 5.41) is 2.89. The number of ether oxygens (including phenoxy) is 1. The first kappa shape index (κ1) is 14.0. The fourth-order valence-electron chi connectivity index (χ4n) is 2.12. The van der Waals surface area contributed by atoms with Crippen molar-refractivity contribution >= 4 is 5.91 Å². The number of nitrogens with zero attached hydrogens (tertiary/aromatic N) is 1. The number of amides is 1. The molecule has 1 N–H and O–H groups in total. The van der Waals surface area contributed by atoms with Crippen LogP contribution in [0.2, 0.25) is 0 Å². The Balaban J connectivity index is 1.92. The van der Waals surface area contributed by atoms with Crippen molar-refractivity contribution in [2.24, 2.45) is 0 Å². The third kappa shape index (κ3) is 4.33. The van der Waals surface area contributed by atoms with E-state index in [9.17, 15) is 4.79 Å². The summed E-state index contributed by atoms with van der Waals surface area (Å²) in [6, 6.07) is 8.02. The summed E-state index contributed by atoms with van der Waals surface area (Å²) in [5.41, 5.74) is 1.96. The largest absolute Gasteiger partial charge is 0.379 e. The van der Waals surface area contributed by atoms with Crippen LogP contribution >= 0.6 is 0 Å². The highest BCUT2D eigenvalue weighted by Crippen LogP contribution is 2.09. The van der Waals surface area contributed by atoms with E-state index in [1.54, 1.807) is 0 Å². The molecule has 1 fully saturated rings. The molecule has 0 aromatic heterocycles. The molecule has 1 saturated heterocycles. The minimum Gasteiger partial charge on any atom is -0.379 e. The van der Waals surface area contributed by atoms with Crippen LogP contribution in [0.4, 0.5) is 0 Å². The average molecular weight is 262 g/mol. The lowest BCUT2D eigenvalue weighted by Crippen LogP contribution is -2.35. The summed E-state index contributed by atoms with van der Waals surface area (Å²) < 4.78 is 5.33. The Morgan fingerprint density at radius 3 is 2.47 bits per heavy atom. The van der Waals surface area contributed by atoms with E-state index in [1.807, 2.05) is 38.1 Å². The molecule has 1 aromatic rings. The predicted octanol–water partition coefficient (Wildman–Crippen LogP) is 1.66. The summed E-state index contributed by atoms with van der Waals surface area (Å²) in [6.45, 7) is 8.44.